The Morgan fingerprint density at radius 3 is 2.38 bits per heavy atom. The molecule has 1 fully saturated rings. The summed E-state index contributed by atoms with van der Waals surface area (Å²) in [6, 6.07) is 5.27. The van der Waals surface area contributed by atoms with E-state index in [-0.39, 0.29) is 23.4 Å². The maximum atomic E-state index is 12.7. The molecule has 0 spiro atoms. The van der Waals surface area contributed by atoms with Gasteiger partial charge in [0.1, 0.15) is 0 Å². The van der Waals surface area contributed by atoms with Gasteiger partial charge < -0.3 is 8.97 Å². The molecule has 26 heavy (non-hydrogen) atoms. The molecule has 1 aliphatic carbocycles. The molecule has 0 unspecified atom stereocenters. The van der Waals surface area contributed by atoms with E-state index in [9.17, 15) is 18.0 Å². The van der Waals surface area contributed by atoms with E-state index in [1.165, 1.54) is 12.1 Å². The minimum Gasteiger partial charge on any atom is -0.310 e. The predicted octanol–water partition coefficient (Wildman–Crippen LogP) is 3.98. The van der Waals surface area contributed by atoms with Crippen LogP contribution in [0, 0.1) is 6.92 Å². The van der Waals surface area contributed by atoms with Gasteiger partial charge in [-0.25, -0.2) is 4.98 Å². The Hall–Kier alpha value is -2.28. The number of alkyl halides is 3. The molecule has 2 heterocycles. The van der Waals surface area contributed by atoms with Gasteiger partial charge in [0.15, 0.2) is 0 Å². The highest BCUT2D eigenvalue weighted by molar-refractivity contribution is 5.85. The monoisotopic (exact) mass is 383 g/mol. The number of nitrogens with zero attached hydrogens (tertiary/aromatic N) is 3. The molecule has 0 saturated heterocycles. The van der Waals surface area contributed by atoms with Crippen molar-refractivity contribution < 1.29 is 13.2 Å². The molecule has 1 saturated carbocycles. The van der Waals surface area contributed by atoms with Gasteiger partial charge in [0, 0.05) is 30.6 Å². The van der Waals surface area contributed by atoms with E-state index in [0.29, 0.717) is 12.2 Å². The van der Waals surface area contributed by atoms with Crippen LogP contribution in [0.2, 0.25) is 0 Å². The molecular weight excluding hydrogens is 367 g/mol. The molecule has 0 atom stereocenters. The standard InChI is InChI=1S/C18H16F3N3O.ClH/c1-12-10-23-8-9-24(16(25)15(23)22-12)11-17(6-7-17)13-2-4-14(5-3-13)18(19,20)21;/h2-5,8-10H,6-7,11H2,1H3;1H. The molecule has 3 aromatic rings. The van der Waals surface area contributed by atoms with Gasteiger partial charge in [-0.3, -0.25) is 4.79 Å². The Morgan fingerprint density at radius 1 is 1.15 bits per heavy atom. The van der Waals surface area contributed by atoms with Crippen molar-refractivity contribution >= 4 is 18.1 Å². The second kappa shape index (κ2) is 6.16. The number of aromatic nitrogens is 3. The summed E-state index contributed by atoms with van der Waals surface area (Å²) in [5.41, 5.74) is 0.856. The van der Waals surface area contributed by atoms with Crippen LogP contribution in [0.3, 0.4) is 0 Å². The third-order valence-corrected chi connectivity index (χ3v) is 4.86. The van der Waals surface area contributed by atoms with E-state index in [1.54, 1.807) is 27.6 Å². The van der Waals surface area contributed by atoms with Crippen molar-refractivity contribution in [2.75, 3.05) is 0 Å². The summed E-state index contributed by atoms with van der Waals surface area (Å²) >= 11 is 0. The number of aryl methyl sites for hydroxylation is 1. The van der Waals surface area contributed by atoms with E-state index in [0.717, 1.165) is 36.2 Å². The van der Waals surface area contributed by atoms with Gasteiger partial charge in [-0.15, -0.1) is 12.4 Å². The molecular formula is C18H17ClF3N3O. The average molecular weight is 384 g/mol. The van der Waals surface area contributed by atoms with E-state index in [1.807, 2.05) is 6.92 Å². The fourth-order valence-electron chi connectivity index (χ4n) is 3.29. The zero-order valence-electron chi connectivity index (χ0n) is 14.0. The van der Waals surface area contributed by atoms with E-state index in [2.05, 4.69) is 4.98 Å². The van der Waals surface area contributed by atoms with Gasteiger partial charge in [-0.1, -0.05) is 12.1 Å². The molecule has 4 nitrogen and oxygen atoms in total. The first-order chi connectivity index (χ1) is 11.8. The maximum absolute atomic E-state index is 12.7. The van der Waals surface area contributed by atoms with Gasteiger partial charge in [0.05, 0.1) is 11.3 Å². The largest absolute Gasteiger partial charge is 0.416 e. The van der Waals surface area contributed by atoms with E-state index >= 15 is 0 Å². The summed E-state index contributed by atoms with van der Waals surface area (Å²) in [6.45, 7) is 2.26. The fraction of sp³-hybridized carbons (Fsp3) is 0.333. The van der Waals surface area contributed by atoms with Gasteiger partial charge in [-0.05, 0) is 37.5 Å². The quantitative estimate of drug-likeness (QED) is 0.686. The molecule has 0 bridgehead atoms. The third kappa shape index (κ3) is 3.11. The van der Waals surface area contributed by atoms with Crippen molar-refractivity contribution in [1.29, 1.82) is 0 Å². The first-order valence-electron chi connectivity index (χ1n) is 8.01. The van der Waals surface area contributed by atoms with E-state index in [4.69, 9.17) is 0 Å². The first kappa shape index (κ1) is 18.5. The van der Waals surface area contributed by atoms with Crippen LogP contribution in [0.4, 0.5) is 13.2 Å². The molecule has 0 amide bonds. The Labute approximate surface area is 153 Å². The number of rotatable bonds is 3. The fourth-order valence-corrected chi connectivity index (χ4v) is 3.29. The number of benzene rings is 1. The second-order valence-corrected chi connectivity index (χ2v) is 6.70. The van der Waals surface area contributed by atoms with Gasteiger partial charge in [0.25, 0.3) is 5.56 Å². The number of hydrogen-bond acceptors (Lipinski definition) is 2. The topological polar surface area (TPSA) is 39.3 Å². The van der Waals surface area contributed by atoms with Crippen LogP contribution in [-0.2, 0) is 18.1 Å². The zero-order valence-corrected chi connectivity index (χ0v) is 14.8. The van der Waals surface area contributed by atoms with Crippen molar-refractivity contribution in [3.8, 4) is 0 Å². The molecule has 138 valence electrons. The SMILES string of the molecule is Cc1cn2ccn(CC3(c4ccc(C(F)(F)F)cc4)CC3)c(=O)c2n1.Cl. The number of halogens is 4. The van der Waals surface area contributed by atoms with Crippen LogP contribution in [-0.4, -0.2) is 14.0 Å². The van der Waals surface area contributed by atoms with Crippen molar-refractivity contribution in [1.82, 2.24) is 14.0 Å². The van der Waals surface area contributed by atoms with Gasteiger partial charge in [-0.2, -0.15) is 13.2 Å². The summed E-state index contributed by atoms with van der Waals surface area (Å²) in [4.78, 5) is 16.8. The highest BCUT2D eigenvalue weighted by Gasteiger charge is 2.45. The highest BCUT2D eigenvalue weighted by atomic mass is 35.5. The minimum atomic E-state index is -4.34. The minimum absolute atomic E-state index is 0. The van der Waals surface area contributed by atoms with Gasteiger partial charge >= 0.3 is 6.18 Å². The van der Waals surface area contributed by atoms with Crippen LogP contribution in [0.1, 0.15) is 29.7 Å². The van der Waals surface area contributed by atoms with E-state index < -0.39 is 11.7 Å². The predicted molar refractivity (Wildman–Crippen MR) is 93.8 cm³/mol. The highest BCUT2D eigenvalue weighted by Crippen LogP contribution is 2.49. The maximum Gasteiger partial charge on any atom is 0.416 e. The molecule has 1 aliphatic rings. The smallest absolute Gasteiger partial charge is 0.310 e. The van der Waals surface area contributed by atoms with Crippen LogP contribution >= 0.6 is 12.4 Å². The normalized spacial score (nSPS) is 15.7. The van der Waals surface area contributed by atoms with Crippen LogP contribution in [0.5, 0.6) is 0 Å². The van der Waals surface area contributed by atoms with Crippen LogP contribution in [0.15, 0.2) is 47.7 Å². The third-order valence-electron chi connectivity index (χ3n) is 4.86. The van der Waals surface area contributed by atoms with Crippen molar-refractivity contribution in [3.63, 3.8) is 0 Å². The molecule has 0 aliphatic heterocycles. The number of fused-ring (bicyclic) bond motifs is 1. The Bertz CT molecular complexity index is 1000. The lowest BCUT2D eigenvalue weighted by Crippen LogP contribution is -2.27. The van der Waals surface area contributed by atoms with Crippen molar-refractivity contribution in [2.24, 2.45) is 0 Å². The molecule has 4 rings (SSSR count). The van der Waals surface area contributed by atoms with Crippen molar-refractivity contribution in [2.45, 2.75) is 37.9 Å². The number of imidazole rings is 1. The summed E-state index contributed by atoms with van der Waals surface area (Å²) in [6.07, 6.45) is 2.63. The average Bonchev–Trinajstić information content (AvgIpc) is 3.24. The lowest BCUT2D eigenvalue weighted by Gasteiger charge is -2.18. The summed E-state index contributed by atoms with van der Waals surface area (Å²) in [7, 11) is 0. The molecule has 8 heteroatoms. The second-order valence-electron chi connectivity index (χ2n) is 6.70. The Kier molecular flexibility index (Phi) is 4.38. The summed E-state index contributed by atoms with van der Waals surface area (Å²) in [5, 5.41) is 0. The van der Waals surface area contributed by atoms with Gasteiger partial charge in [0.2, 0.25) is 5.65 Å². The molecule has 2 aromatic heterocycles. The lowest BCUT2D eigenvalue weighted by atomic mass is 9.94. The molecule has 0 N–H and O–H groups in total. The Balaban J connectivity index is 0.00000196. The number of hydrogen-bond donors (Lipinski definition) is 0. The summed E-state index contributed by atoms with van der Waals surface area (Å²) < 4.78 is 41.5. The first-order valence-corrected chi connectivity index (χ1v) is 8.01. The molecule has 0 radical (unpaired) electrons. The lowest BCUT2D eigenvalue weighted by molar-refractivity contribution is -0.137. The van der Waals surface area contributed by atoms with Crippen LogP contribution in [0.25, 0.3) is 5.65 Å². The zero-order chi connectivity index (χ0) is 17.8. The molecule has 1 aromatic carbocycles. The summed E-state index contributed by atoms with van der Waals surface area (Å²) in [5.74, 6) is 0. The Morgan fingerprint density at radius 2 is 1.81 bits per heavy atom. The van der Waals surface area contributed by atoms with Crippen molar-refractivity contribution in [3.05, 3.63) is 70.0 Å². The van der Waals surface area contributed by atoms with Crippen LogP contribution < -0.4 is 5.56 Å².